The van der Waals surface area contributed by atoms with Gasteiger partial charge in [0.1, 0.15) is 0 Å². The van der Waals surface area contributed by atoms with Crippen LogP contribution in [0.5, 0.6) is 0 Å². The summed E-state index contributed by atoms with van der Waals surface area (Å²) < 4.78 is 0.945. The Morgan fingerprint density at radius 2 is 2.00 bits per heavy atom. The van der Waals surface area contributed by atoms with E-state index in [0.29, 0.717) is 10.6 Å². The first-order valence-electron chi connectivity index (χ1n) is 6.48. The molecule has 2 nitrogen and oxygen atoms in total. The van der Waals surface area contributed by atoms with Crippen molar-refractivity contribution >= 4 is 51.7 Å². The van der Waals surface area contributed by atoms with E-state index < -0.39 is 0 Å². The van der Waals surface area contributed by atoms with Crippen LogP contribution in [0.3, 0.4) is 0 Å². The summed E-state index contributed by atoms with van der Waals surface area (Å²) in [4.78, 5) is 12.2. The van der Waals surface area contributed by atoms with Crippen molar-refractivity contribution in [1.29, 1.82) is 0 Å². The summed E-state index contributed by atoms with van der Waals surface area (Å²) in [7, 11) is 0. The second kappa shape index (κ2) is 7.14. The fourth-order valence-corrected chi connectivity index (χ4v) is 3.17. The lowest BCUT2D eigenvalue weighted by Crippen LogP contribution is -2.40. The maximum atomic E-state index is 12.2. The maximum absolute atomic E-state index is 12.2. The smallest absolute Gasteiger partial charge is 0.251 e. The van der Waals surface area contributed by atoms with Crippen molar-refractivity contribution in [3.8, 4) is 0 Å². The topological polar surface area (TPSA) is 29.1 Å². The van der Waals surface area contributed by atoms with Crippen LogP contribution in [0.2, 0.25) is 5.02 Å². The molecule has 2 atom stereocenters. The summed E-state index contributed by atoms with van der Waals surface area (Å²) in [6.45, 7) is 0. The Hall–Kier alpha value is -0.0000000000000000555. The quantitative estimate of drug-likeness (QED) is 0.429. The third kappa shape index (κ3) is 4.23. The Kier molecular flexibility index (Phi) is 5.78. The first-order chi connectivity index (χ1) is 9.08. The van der Waals surface area contributed by atoms with Crippen LogP contribution in [0, 0.1) is 3.57 Å². The zero-order valence-electron chi connectivity index (χ0n) is 10.5. The minimum Gasteiger partial charge on any atom is -0.348 e. The van der Waals surface area contributed by atoms with Crippen LogP contribution >= 0.6 is 45.8 Å². The van der Waals surface area contributed by atoms with E-state index in [4.69, 9.17) is 23.2 Å². The summed E-state index contributed by atoms with van der Waals surface area (Å²) in [5.41, 5.74) is 0.596. The van der Waals surface area contributed by atoms with Crippen LogP contribution in [0.1, 0.15) is 42.5 Å². The number of benzene rings is 1. The van der Waals surface area contributed by atoms with E-state index in [1.54, 1.807) is 12.1 Å². The van der Waals surface area contributed by atoms with E-state index in [2.05, 4.69) is 27.9 Å². The van der Waals surface area contributed by atoms with Gasteiger partial charge in [0.05, 0.1) is 10.4 Å². The molecule has 5 heteroatoms. The molecule has 0 aromatic heterocycles. The number of hydrogen-bond donors (Lipinski definition) is 1. The van der Waals surface area contributed by atoms with E-state index in [-0.39, 0.29) is 17.3 Å². The number of halogens is 3. The molecular formula is C14H16Cl2INO. The summed E-state index contributed by atoms with van der Waals surface area (Å²) in [6.07, 6.45) is 5.40. The average molecular weight is 412 g/mol. The van der Waals surface area contributed by atoms with Crippen molar-refractivity contribution in [1.82, 2.24) is 5.32 Å². The molecule has 19 heavy (non-hydrogen) atoms. The third-order valence-electron chi connectivity index (χ3n) is 3.43. The second-order valence-corrected chi connectivity index (χ2v) is 6.99. The molecule has 0 spiro atoms. The Bertz CT molecular complexity index is 467. The fourth-order valence-electron chi connectivity index (χ4n) is 2.31. The van der Waals surface area contributed by atoms with E-state index in [1.807, 2.05) is 6.07 Å². The number of hydrogen-bond acceptors (Lipinski definition) is 1. The number of nitrogens with one attached hydrogen (secondary N) is 1. The molecule has 1 N–H and O–H groups in total. The molecular weight excluding hydrogens is 396 g/mol. The van der Waals surface area contributed by atoms with Gasteiger partial charge in [0.15, 0.2) is 0 Å². The van der Waals surface area contributed by atoms with E-state index >= 15 is 0 Å². The summed E-state index contributed by atoms with van der Waals surface area (Å²) in [6, 6.07) is 5.42. The zero-order valence-corrected chi connectivity index (χ0v) is 14.1. The highest BCUT2D eigenvalue weighted by Crippen LogP contribution is 2.23. The lowest BCUT2D eigenvalue weighted by molar-refractivity contribution is 0.0934. The van der Waals surface area contributed by atoms with Crippen molar-refractivity contribution in [3.05, 3.63) is 32.4 Å². The van der Waals surface area contributed by atoms with Gasteiger partial charge in [-0.1, -0.05) is 30.9 Å². The van der Waals surface area contributed by atoms with Crippen LogP contribution in [-0.2, 0) is 0 Å². The molecule has 1 aliphatic carbocycles. The Morgan fingerprint density at radius 3 is 2.74 bits per heavy atom. The normalized spacial score (nSPS) is 23.7. The van der Waals surface area contributed by atoms with Gasteiger partial charge in [-0.25, -0.2) is 0 Å². The number of carbonyl (C=O) groups is 1. The molecule has 1 saturated carbocycles. The molecule has 1 aromatic rings. The lowest BCUT2D eigenvalue weighted by Gasteiger charge is -2.21. The molecule has 0 saturated heterocycles. The summed E-state index contributed by atoms with van der Waals surface area (Å²) in [5.74, 6) is -0.0872. The molecule has 104 valence electrons. The number of alkyl halides is 1. The standard InChI is InChI=1S/C14H16Cl2INO/c15-10-4-2-1-3-5-13(10)18-14(19)9-6-7-12(17)11(16)8-9/h6-8,10,13H,1-5H2,(H,18,19). The molecule has 0 aliphatic heterocycles. The first-order valence-corrected chi connectivity index (χ1v) is 8.37. The second-order valence-electron chi connectivity index (χ2n) is 4.86. The van der Waals surface area contributed by atoms with Gasteiger partial charge in [-0.2, -0.15) is 0 Å². The van der Waals surface area contributed by atoms with Gasteiger partial charge < -0.3 is 5.32 Å². The minimum absolute atomic E-state index is 0.0331. The van der Waals surface area contributed by atoms with Gasteiger partial charge in [0.2, 0.25) is 0 Å². The van der Waals surface area contributed by atoms with E-state index in [9.17, 15) is 4.79 Å². The minimum atomic E-state index is -0.0872. The first kappa shape index (κ1) is 15.4. The van der Waals surface area contributed by atoms with Crippen molar-refractivity contribution in [2.45, 2.75) is 43.5 Å². The van der Waals surface area contributed by atoms with E-state index in [0.717, 1.165) is 29.3 Å². The number of carbonyl (C=O) groups excluding carboxylic acids is 1. The maximum Gasteiger partial charge on any atom is 0.251 e. The van der Waals surface area contributed by atoms with Crippen molar-refractivity contribution in [3.63, 3.8) is 0 Å². The van der Waals surface area contributed by atoms with Gasteiger partial charge >= 0.3 is 0 Å². The fraction of sp³-hybridized carbons (Fsp3) is 0.500. The van der Waals surface area contributed by atoms with Crippen LogP contribution < -0.4 is 5.32 Å². The van der Waals surface area contributed by atoms with Crippen LogP contribution in [0.25, 0.3) is 0 Å². The van der Waals surface area contributed by atoms with Crippen LogP contribution in [0.15, 0.2) is 18.2 Å². The summed E-state index contributed by atoms with van der Waals surface area (Å²) in [5, 5.41) is 3.68. The van der Waals surface area contributed by atoms with E-state index in [1.165, 1.54) is 6.42 Å². The molecule has 1 amide bonds. The van der Waals surface area contributed by atoms with Gasteiger partial charge in [0, 0.05) is 15.2 Å². The van der Waals surface area contributed by atoms with Gasteiger partial charge in [-0.3, -0.25) is 4.79 Å². The Morgan fingerprint density at radius 1 is 1.26 bits per heavy atom. The molecule has 2 rings (SSSR count). The van der Waals surface area contributed by atoms with Gasteiger partial charge in [0.25, 0.3) is 5.91 Å². The summed E-state index contributed by atoms with van der Waals surface area (Å²) >= 11 is 14.5. The molecule has 1 aliphatic rings. The van der Waals surface area contributed by atoms with Crippen LogP contribution in [0.4, 0.5) is 0 Å². The number of rotatable bonds is 2. The highest BCUT2D eigenvalue weighted by Gasteiger charge is 2.23. The SMILES string of the molecule is O=C(NC1CCCCCC1Cl)c1ccc(I)c(Cl)c1. The van der Waals surface area contributed by atoms with Crippen molar-refractivity contribution in [2.75, 3.05) is 0 Å². The molecule has 0 radical (unpaired) electrons. The molecule has 0 heterocycles. The zero-order chi connectivity index (χ0) is 13.8. The van der Waals surface area contributed by atoms with Gasteiger partial charge in [-0.15, -0.1) is 11.6 Å². The van der Waals surface area contributed by atoms with Gasteiger partial charge in [-0.05, 0) is 53.6 Å². The Labute approximate surface area is 137 Å². The highest BCUT2D eigenvalue weighted by atomic mass is 127. The predicted octanol–water partition coefficient (Wildman–Crippen LogP) is 4.61. The molecule has 1 aromatic carbocycles. The van der Waals surface area contributed by atoms with Crippen molar-refractivity contribution < 1.29 is 4.79 Å². The predicted molar refractivity (Wildman–Crippen MR) is 88.1 cm³/mol. The number of amides is 1. The third-order valence-corrected chi connectivity index (χ3v) is 5.52. The average Bonchev–Trinajstić information content (AvgIpc) is 2.58. The lowest BCUT2D eigenvalue weighted by atomic mass is 10.1. The Balaban J connectivity index is 2.05. The van der Waals surface area contributed by atoms with Crippen LogP contribution in [-0.4, -0.2) is 17.3 Å². The highest BCUT2D eigenvalue weighted by molar-refractivity contribution is 14.1. The molecule has 2 unspecified atom stereocenters. The monoisotopic (exact) mass is 411 g/mol. The van der Waals surface area contributed by atoms with Crippen molar-refractivity contribution in [2.24, 2.45) is 0 Å². The molecule has 1 fully saturated rings. The largest absolute Gasteiger partial charge is 0.348 e. The molecule has 0 bridgehead atoms.